The van der Waals surface area contributed by atoms with Crippen molar-refractivity contribution < 1.29 is 9.18 Å². The smallest absolute Gasteiger partial charge is 0.269 e. The lowest BCUT2D eigenvalue weighted by Gasteiger charge is -2.05. The second-order valence-electron chi connectivity index (χ2n) is 4.30. The van der Waals surface area contributed by atoms with Crippen molar-refractivity contribution >= 4 is 5.91 Å². The van der Waals surface area contributed by atoms with Gasteiger partial charge in [-0.25, -0.2) is 4.39 Å². The van der Waals surface area contributed by atoms with Crippen molar-refractivity contribution in [1.29, 1.82) is 0 Å². The Hall–Kier alpha value is -2.17. The molecule has 1 aromatic carbocycles. The Morgan fingerprint density at radius 2 is 2.00 bits per heavy atom. The first-order valence-electron chi connectivity index (χ1n) is 5.68. The van der Waals surface area contributed by atoms with Gasteiger partial charge in [0.05, 0.1) is 5.69 Å². The highest BCUT2D eigenvalue weighted by Crippen LogP contribution is 2.17. The van der Waals surface area contributed by atoms with Crippen LogP contribution in [0.15, 0.2) is 30.3 Å². The molecule has 0 fully saturated rings. The number of nitrogens with one attached hydrogen (secondary N) is 2. The molecule has 0 saturated carbocycles. The predicted octanol–water partition coefficient (Wildman–Crippen LogP) is 2.35. The molecule has 2 rings (SSSR count). The standard InChI is InChI=1S/C13H14FN3O/c1-8(2)15-13(18)12-7-11(16-17-12)9-3-5-10(14)6-4-9/h3-8H,1-2H3,(H,15,18)(H,16,17). The third-order valence-corrected chi connectivity index (χ3v) is 2.38. The fourth-order valence-corrected chi connectivity index (χ4v) is 1.55. The van der Waals surface area contributed by atoms with Gasteiger partial charge in [0.1, 0.15) is 11.5 Å². The van der Waals surface area contributed by atoms with E-state index in [1.54, 1.807) is 18.2 Å². The number of hydrogen-bond donors (Lipinski definition) is 2. The van der Waals surface area contributed by atoms with Crippen LogP contribution in [0.5, 0.6) is 0 Å². The maximum Gasteiger partial charge on any atom is 0.269 e. The van der Waals surface area contributed by atoms with E-state index in [1.807, 2.05) is 13.8 Å². The molecule has 0 bridgehead atoms. The molecule has 0 aliphatic carbocycles. The monoisotopic (exact) mass is 247 g/mol. The number of carbonyl (C=O) groups excluding carboxylic acids is 1. The molecule has 2 N–H and O–H groups in total. The van der Waals surface area contributed by atoms with E-state index >= 15 is 0 Å². The summed E-state index contributed by atoms with van der Waals surface area (Å²) in [6, 6.07) is 7.67. The second kappa shape index (κ2) is 5.00. The first-order chi connectivity index (χ1) is 8.56. The fraction of sp³-hybridized carbons (Fsp3) is 0.231. The minimum atomic E-state index is -0.299. The van der Waals surface area contributed by atoms with E-state index in [2.05, 4.69) is 15.5 Å². The van der Waals surface area contributed by atoms with Gasteiger partial charge in [0.25, 0.3) is 5.91 Å². The molecular formula is C13H14FN3O. The number of nitrogens with zero attached hydrogens (tertiary/aromatic N) is 1. The van der Waals surface area contributed by atoms with Crippen LogP contribution in [0.3, 0.4) is 0 Å². The van der Waals surface area contributed by atoms with Crippen LogP contribution in [0, 0.1) is 5.82 Å². The Kier molecular flexibility index (Phi) is 3.41. The Morgan fingerprint density at radius 3 is 2.61 bits per heavy atom. The lowest BCUT2D eigenvalue weighted by atomic mass is 10.1. The van der Waals surface area contributed by atoms with Crippen molar-refractivity contribution in [3.05, 3.63) is 41.8 Å². The summed E-state index contributed by atoms with van der Waals surface area (Å²) in [7, 11) is 0. The molecule has 0 aliphatic rings. The number of benzene rings is 1. The zero-order valence-corrected chi connectivity index (χ0v) is 10.2. The minimum Gasteiger partial charge on any atom is -0.349 e. The van der Waals surface area contributed by atoms with Crippen LogP contribution in [0.4, 0.5) is 4.39 Å². The molecule has 18 heavy (non-hydrogen) atoms. The summed E-state index contributed by atoms with van der Waals surface area (Å²) in [4.78, 5) is 11.7. The van der Waals surface area contributed by atoms with Gasteiger partial charge in [-0.3, -0.25) is 9.89 Å². The number of H-pyrrole nitrogens is 1. The lowest BCUT2D eigenvalue weighted by molar-refractivity contribution is 0.0938. The third kappa shape index (κ3) is 2.74. The van der Waals surface area contributed by atoms with Gasteiger partial charge < -0.3 is 5.32 Å². The average Bonchev–Trinajstić information content (AvgIpc) is 2.78. The molecule has 0 unspecified atom stereocenters. The van der Waals surface area contributed by atoms with E-state index in [-0.39, 0.29) is 17.8 Å². The molecule has 0 atom stereocenters. The fourth-order valence-electron chi connectivity index (χ4n) is 1.55. The molecular weight excluding hydrogens is 233 g/mol. The first-order valence-corrected chi connectivity index (χ1v) is 5.68. The quantitative estimate of drug-likeness (QED) is 0.874. The predicted molar refractivity (Wildman–Crippen MR) is 66.6 cm³/mol. The van der Waals surface area contributed by atoms with E-state index in [0.29, 0.717) is 11.4 Å². The van der Waals surface area contributed by atoms with Crippen LogP contribution in [0.1, 0.15) is 24.3 Å². The maximum atomic E-state index is 12.8. The van der Waals surface area contributed by atoms with E-state index in [9.17, 15) is 9.18 Å². The van der Waals surface area contributed by atoms with E-state index in [1.165, 1.54) is 12.1 Å². The number of carbonyl (C=O) groups is 1. The molecule has 0 saturated heterocycles. The molecule has 1 heterocycles. The van der Waals surface area contributed by atoms with Crippen LogP contribution in [0.2, 0.25) is 0 Å². The van der Waals surface area contributed by atoms with Crippen LogP contribution in [0.25, 0.3) is 11.3 Å². The molecule has 0 spiro atoms. The number of halogens is 1. The second-order valence-corrected chi connectivity index (χ2v) is 4.30. The minimum absolute atomic E-state index is 0.0649. The normalized spacial score (nSPS) is 10.7. The maximum absolute atomic E-state index is 12.8. The Labute approximate surface area is 104 Å². The number of aromatic nitrogens is 2. The molecule has 4 nitrogen and oxygen atoms in total. The van der Waals surface area contributed by atoms with Crippen molar-refractivity contribution in [3.63, 3.8) is 0 Å². The number of rotatable bonds is 3. The molecule has 1 amide bonds. The molecule has 1 aromatic heterocycles. The van der Waals surface area contributed by atoms with Gasteiger partial charge in [-0.1, -0.05) is 0 Å². The summed E-state index contributed by atoms with van der Waals surface area (Å²) >= 11 is 0. The highest BCUT2D eigenvalue weighted by molar-refractivity contribution is 5.93. The molecule has 94 valence electrons. The lowest BCUT2D eigenvalue weighted by Crippen LogP contribution is -2.30. The SMILES string of the molecule is CC(C)NC(=O)c1cc(-c2ccc(F)cc2)n[nH]1. The van der Waals surface area contributed by atoms with Crippen molar-refractivity contribution in [2.45, 2.75) is 19.9 Å². The Bertz CT molecular complexity index is 546. The highest BCUT2D eigenvalue weighted by atomic mass is 19.1. The zero-order chi connectivity index (χ0) is 13.1. The van der Waals surface area contributed by atoms with Crippen LogP contribution < -0.4 is 5.32 Å². The Balaban J connectivity index is 2.20. The summed E-state index contributed by atoms with van der Waals surface area (Å²) in [5.41, 5.74) is 1.77. The van der Waals surface area contributed by atoms with Crippen molar-refractivity contribution in [3.8, 4) is 11.3 Å². The van der Waals surface area contributed by atoms with Gasteiger partial charge in [-0.15, -0.1) is 0 Å². The van der Waals surface area contributed by atoms with E-state index in [4.69, 9.17) is 0 Å². The topological polar surface area (TPSA) is 57.8 Å². The largest absolute Gasteiger partial charge is 0.349 e. The summed E-state index contributed by atoms with van der Waals surface area (Å²) in [6.45, 7) is 3.77. The van der Waals surface area contributed by atoms with E-state index in [0.717, 1.165) is 5.56 Å². The van der Waals surface area contributed by atoms with Crippen LogP contribution >= 0.6 is 0 Å². The van der Waals surface area contributed by atoms with Crippen LogP contribution in [-0.4, -0.2) is 22.1 Å². The zero-order valence-electron chi connectivity index (χ0n) is 10.2. The van der Waals surface area contributed by atoms with Gasteiger partial charge in [0.15, 0.2) is 0 Å². The molecule has 5 heteroatoms. The average molecular weight is 247 g/mol. The van der Waals surface area contributed by atoms with Gasteiger partial charge >= 0.3 is 0 Å². The van der Waals surface area contributed by atoms with Gasteiger partial charge in [0.2, 0.25) is 0 Å². The molecule has 2 aromatic rings. The van der Waals surface area contributed by atoms with Gasteiger partial charge in [-0.05, 0) is 44.2 Å². The number of amides is 1. The summed E-state index contributed by atoms with van der Waals surface area (Å²) < 4.78 is 12.8. The molecule has 0 radical (unpaired) electrons. The van der Waals surface area contributed by atoms with Gasteiger partial charge in [0, 0.05) is 11.6 Å². The summed E-state index contributed by atoms with van der Waals surface area (Å²) in [6.07, 6.45) is 0. The third-order valence-electron chi connectivity index (χ3n) is 2.38. The van der Waals surface area contributed by atoms with Crippen LogP contribution in [-0.2, 0) is 0 Å². The highest BCUT2D eigenvalue weighted by Gasteiger charge is 2.11. The summed E-state index contributed by atoms with van der Waals surface area (Å²) in [5, 5.41) is 9.47. The number of aromatic amines is 1. The molecule has 0 aliphatic heterocycles. The van der Waals surface area contributed by atoms with Crippen molar-refractivity contribution in [2.75, 3.05) is 0 Å². The Morgan fingerprint density at radius 1 is 1.33 bits per heavy atom. The number of hydrogen-bond acceptors (Lipinski definition) is 2. The van der Waals surface area contributed by atoms with Crippen molar-refractivity contribution in [1.82, 2.24) is 15.5 Å². The summed E-state index contributed by atoms with van der Waals surface area (Å²) in [5.74, 6) is -0.502. The van der Waals surface area contributed by atoms with E-state index < -0.39 is 0 Å². The van der Waals surface area contributed by atoms with Crippen molar-refractivity contribution in [2.24, 2.45) is 0 Å². The van der Waals surface area contributed by atoms with Gasteiger partial charge in [-0.2, -0.15) is 5.10 Å². The first kappa shape index (κ1) is 12.3.